The molecule has 0 aromatic heterocycles. The van der Waals surface area contributed by atoms with Crippen LogP contribution in [0.5, 0.6) is 5.75 Å². The van der Waals surface area contributed by atoms with Crippen LogP contribution in [0.15, 0.2) is 42.5 Å². The van der Waals surface area contributed by atoms with Gasteiger partial charge in [-0.3, -0.25) is 20.4 Å². The van der Waals surface area contributed by atoms with Crippen molar-refractivity contribution in [3.63, 3.8) is 0 Å². The summed E-state index contributed by atoms with van der Waals surface area (Å²) in [6.45, 7) is 2.01. The maximum atomic E-state index is 12.2. The van der Waals surface area contributed by atoms with E-state index in [1.165, 1.54) is 6.42 Å². The van der Waals surface area contributed by atoms with Crippen LogP contribution in [0.4, 0.5) is 4.79 Å². The fourth-order valence-corrected chi connectivity index (χ4v) is 3.73. The molecule has 1 fully saturated rings. The molecule has 172 valence electrons. The van der Waals surface area contributed by atoms with E-state index in [9.17, 15) is 14.4 Å². The van der Waals surface area contributed by atoms with Gasteiger partial charge in [-0.2, -0.15) is 0 Å². The zero-order valence-electron chi connectivity index (χ0n) is 18.5. The molecule has 0 spiro atoms. The molecule has 8 heteroatoms. The molecule has 4 amide bonds. The van der Waals surface area contributed by atoms with Crippen LogP contribution in [-0.4, -0.2) is 36.5 Å². The number of hydrogen-bond acceptors (Lipinski definition) is 4. The van der Waals surface area contributed by atoms with Crippen molar-refractivity contribution in [1.29, 1.82) is 0 Å². The Hall–Kier alpha value is -3.29. The van der Waals surface area contributed by atoms with Gasteiger partial charge in [0.15, 0.2) is 6.10 Å². The summed E-state index contributed by atoms with van der Waals surface area (Å²) in [6, 6.07) is 13.6. The predicted octanol–water partition coefficient (Wildman–Crippen LogP) is 3.17. The van der Waals surface area contributed by atoms with Gasteiger partial charge in [0.05, 0.1) is 0 Å². The number of hydrogen-bond donors (Lipinski definition) is 4. The van der Waals surface area contributed by atoms with Crippen molar-refractivity contribution in [2.75, 3.05) is 6.54 Å². The molecule has 1 unspecified atom stereocenters. The highest BCUT2D eigenvalue weighted by Gasteiger charge is 2.16. The molecule has 3 rings (SSSR count). The minimum Gasteiger partial charge on any atom is -0.481 e. The lowest BCUT2D eigenvalue weighted by atomic mass is 9.96. The number of carbonyl (C=O) groups is 3. The first kappa shape index (κ1) is 23.4. The number of benzene rings is 2. The topological polar surface area (TPSA) is 109 Å². The van der Waals surface area contributed by atoms with E-state index in [0.717, 1.165) is 36.5 Å². The van der Waals surface area contributed by atoms with Crippen molar-refractivity contribution in [3.8, 4) is 5.75 Å². The van der Waals surface area contributed by atoms with Crippen molar-refractivity contribution >= 4 is 28.6 Å². The number of carbonyl (C=O) groups excluding carboxylic acids is 3. The second kappa shape index (κ2) is 11.9. The summed E-state index contributed by atoms with van der Waals surface area (Å²) in [5.41, 5.74) is 4.77. The number of rotatable bonds is 8. The van der Waals surface area contributed by atoms with Crippen molar-refractivity contribution in [2.45, 2.75) is 64.0 Å². The molecule has 0 radical (unpaired) electrons. The van der Waals surface area contributed by atoms with Crippen molar-refractivity contribution < 1.29 is 19.1 Å². The van der Waals surface area contributed by atoms with E-state index >= 15 is 0 Å². The van der Waals surface area contributed by atoms with E-state index in [2.05, 4.69) is 21.5 Å². The average molecular weight is 441 g/mol. The summed E-state index contributed by atoms with van der Waals surface area (Å²) in [4.78, 5) is 36.0. The number of ether oxygens (including phenoxy) is 1. The maximum absolute atomic E-state index is 12.2. The smallest absolute Gasteiger partial charge is 0.315 e. The van der Waals surface area contributed by atoms with E-state index in [4.69, 9.17) is 4.74 Å². The Morgan fingerprint density at radius 1 is 1.00 bits per heavy atom. The number of nitrogens with one attached hydrogen (secondary N) is 4. The van der Waals surface area contributed by atoms with Crippen LogP contribution in [-0.2, 0) is 9.59 Å². The number of amides is 4. The molecule has 2 aromatic carbocycles. The monoisotopic (exact) mass is 440 g/mol. The van der Waals surface area contributed by atoms with Gasteiger partial charge in [0, 0.05) is 19.0 Å². The van der Waals surface area contributed by atoms with Gasteiger partial charge in [-0.1, -0.05) is 49.6 Å². The van der Waals surface area contributed by atoms with Gasteiger partial charge in [-0.05, 0) is 49.1 Å². The third-order valence-electron chi connectivity index (χ3n) is 5.53. The molecule has 1 atom stereocenters. The van der Waals surface area contributed by atoms with E-state index in [0.29, 0.717) is 18.7 Å². The summed E-state index contributed by atoms with van der Waals surface area (Å²) in [5, 5.41) is 7.85. The van der Waals surface area contributed by atoms with Crippen molar-refractivity contribution in [3.05, 3.63) is 42.5 Å². The number of urea groups is 1. The first-order valence-electron chi connectivity index (χ1n) is 11.3. The van der Waals surface area contributed by atoms with Crippen molar-refractivity contribution in [1.82, 2.24) is 21.5 Å². The molecular formula is C24H32N4O4. The molecule has 0 saturated heterocycles. The highest BCUT2D eigenvalue weighted by molar-refractivity contribution is 5.85. The summed E-state index contributed by atoms with van der Waals surface area (Å²) in [5.74, 6) is -0.197. The minimum absolute atomic E-state index is 0.184. The molecule has 2 aromatic rings. The van der Waals surface area contributed by atoms with Crippen LogP contribution < -0.4 is 26.2 Å². The molecule has 4 N–H and O–H groups in total. The molecule has 1 aliphatic carbocycles. The maximum Gasteiger partial charge on any atom is 0.315 e. The highest BCUT2D eigenvalue weighted by atomic mass is 16.5. The fraction of sp³-hybridized carbons (Fsp3) is 0.458. The second-order valence-electron chi connectivity index (χ2n) is 8.15. The summed E-state index contributed by atoms with van der Waals surface area (Å²) < 4.78 is 5.69. The molecule has 0 aliphatic heterocycles. The van der Waals surface area contributed by atoms with Gasteiger partial charge in [0.25, 0.3) is 5.91 Å². The second-order valence-corrected chi connectivity index (χ2v) is 8.15. The Kier molecular flexibility index (Phi) is 8.71. The van der Waals surface area contributed by atoms with Crippen LogP contribution in [0, 0.1) is 0 Å². The quantitative estimate of drug-likeness (QED) is 0.373. The third-order valence-corrected chi connectivity index (χ3v) is 5.53. The van der Waals surface area contributed by atoms with Gasteiger partial charge in [0.2, 0.25) is 5.91 Å². The first-order valence-corrected chi connectivity index (χ1v) is 11.3. The van der Waals surface area contributed by atoms with Gasteiger partial charge in [0.1, 0.15) is 5.75 Å². The largest absolute Gasteiger partial charge is 0.481 e. The van der Waals surface area contributed by atoms with Crippen LogP contribution in [0.25, 0.3) is 10.8 Å². The SMILES string of the molecule is CC(Oc1ccc2ccccc2c1)C(=O)NNC(=O)CCCNC(=O)NC1CCCCC1. The lowest BCUT2D eigenvalue weighted by Gasteiger charge is -2.22. The Labute approximate surface area is 188 Å². The van der Waals surface area contributed by atoms with E-state index in [1.54, 1.807) is 6.92 Å². The van der Waals surface area contributed by atoms with E-state index < -0.39 is 12.0 Å². The molecule has 8 nitrogen and oxygen atoms in total. The first-order chi connectivity index (χ1) is 15.5. The summed E-state index contributed by atoms with van der Waals surface area (Å²) >= 11 is 0. The molecule has 1 aliphatic rings. The Morgan fingerprint density at radius 2 is 1.75 bits per heavy atom. The van der Waals surface area contributed by atoms with Crippen LogP contribution in [0.1, 0.15) is 51.9 Å². The van der Waals surface area contributed by atoms with Crippen molar-refractivity contribution in [2.24, 2.45) is 0 Å². The van der Waals surface area contributed by atoms with Gasteiger partial charge in [-0.15, -0.1) is 0 Å². The normalized spacial score (nSPS) is 14.9. The minimum atomic E-state index is -0.776. The van der Waals surface area contributed by atoms with Gasteiger partial charge < -0.3 is 15.4 Å². The zero-order chi connectivity index (χ0) is 22.8. The standard InChI is InChI=1S/C24H32N4O4/c1-17(32-21-14-13-18-8-5-6-9-19(18)16-21)23(30)28-27-22(29)12-7-15-25-24(31)26-20-10-3-2-4-11-20/h5-6,8-9,13-14,16-17,20H,2-4,7,10-12,15H2,1H3,(H,27,29)(H,28,30)(H2,25,26,31). The average Bonchev–Trinajstić information content (AvgIpc) is 2.80. The number of fused-ring (bicyclic) bond motifs is 1. The molecule has 32 heavy (non-hydrogen) atoms. The molecule has 1 saturated carbocycles. The molecule has 0 heterocycles. The zero-order valence-corrected chi connectivity index (χ0v) is 18.5. The summed E-state index contributed by atoms with van der Waals surface area (Å²) in [7, 11) is 0. The fourth-order valence-electron chi connectivity index (χ4n) is 3.73. The highest BCUT2D eigenvalue weighted by Crippen LogP contribution is 2.21. The molecule has 0 bridgehead atoms. The van der Waals surface area contributed by atoms with E-state index in [1.807, 2.05) is 42.5 Å². The van der Waals surface area contributed by atoms with Gasteiger partial charge >= 0.3 is 6.03 Å². The third kappa shape index (κ3) is 7.44. The van der Waals surface area contributed by atoms with Crippen LogP contribution >= 0.6 is 0 Å². The lowest BCUT2D eigenvalue weighted by molar-refractivity contribution is -0.132. The Balaban J connectivity index is 1.29. The lowest BCUT2D eigenvalue weighted by Crippen LogP contribution is -2.47. The Morgan fingerprint density at radius 3 is 2.53 bits per heavy atom. The summed E-state index contributed by atoms with van der Waals surface area (Å²) in [6.07, 6.45) is 5.48. The van der Waals surface area contributed by atoms with Crippen LogP contribution in [0.3, 0.4) is 0 Å². The van der Waals surface area contributed by atoms with Crippen LogP contribution in [0.2, 0.25) is 0 Å². The number of hydrazine groups is 1. The van der Waals surface area contributed by atoms with Gasteiger partial charge in [-0.25, -0.2) is 4.79 Å². The van der Waals surface area contributed by atoms with E-state index in [-0.39, 0.29) is 24.4 Å². The Bertz CT molecular complexity index is 927. The molecular weight excluding hydrogens is 408 g/mol. The predicted molar refractivity (Wildman–Crippen MR) is 123 cm³/mol.